The Bertz CT molecular complexity index is 734. The van der Waals surface area contributed by atoms with E-state index in [0.717, 1.165) is 29.7 Å². The largest absolute Gasteiger partial charge is 0.443 e. The SMILES string of the molecule is CCc1cc(C(=O)O[C@H](C(=O)NC2CC2)c2ccccc2)sc1C. The summed E-state index contributed by atoms with van der Waals surface area (Å²) in [6, 6.07) is 11.2. The number of carbonyl (C=O) groups is 2. The molecule has 1 aromatic heterocycles. The zero-order valence-corrected chi connectivity index (χ0v) is 14.7. The quantitative estimate of drug-likeness (QED) is 0.812. The minimum Gasteiger partial charge on any atom is -0.443 e. The maximum absolute atomic E-state index is 12.5. The van der Waals surface area contributed by atoms with Crippen molar-refractivity contribution in [1.29, 1.82) is 0 Å². The van der Waals surface area contributed by atoms with Gasteiger partial charge < -0.3 is 10.1 Å². The average molecular weight is 343 g/mol. The van der Waals surface area contributed by atoms with E-state index < -0.39 is 12.1 Å². The van der Waals surface area contributed by atoms with Crippen molar-refractivity contribution in [3.63, 3.8) is 0 Å². The highest BCUT2D eigenvalue weighted by molar-refractivity contribution is 7.14. The summed E-state index contributed by atoms with van der Waals surface area (Å²) in [6.07, 6.45) is 1.95. The molecule has 0 radical (unpaired) electrons. The molecular weight excluding hydrogens is 322 g/mol. The van der Waals surface area contributed by atoms with Crippen molar-refractivity contribution in [3.8, 4) is 0 Å². The Morgan fingerprint density at radius 2 is 2.00 bits per heavy atom. The lowest BCUT2D eigenvalue weighted by Crippen LogP contribution is -2.33. The molecule has 1 heterocycles. The number of benzene rings is 1. The monoisotopic (exact) mass is 343 g/mol. The molecule has 0 spiro atoms. The number of ether oxygens (including phenoxy) is 1. The second kappa shape index (κ2) is 7.18. The lowest BCUT2D eigenvalue weighted by atomic mass is 10.1. The molecule has 1 N–H and O–H groups in total. The first kappa shape index (κ1) is 16.7. The minimum atomic E-state index is -0.910. The first-order chi connectivity index (χ1) is 11.6. The van der Waals surface area contributed by atoms with E-state index in [1.807, 2.05) is 43.3 Å². The number of rotatable bonds is 6. The van der Waals surface area contributed by atoms with Crippen LogP contribution >= 0.6 is 11.3 Å². The maximum atomic E-state index is 12.5. The lowest BCUT2D eigenvalue weighted by Gasteiger charge is -2.17. The maximum Gasteiger partial charge on any atom is 0.349 e. The van der Waals surface area contributed by atoms with Gasteiger partial charge in [0.05, 0.1) is 0 Å². The normalized spacial score (nSPS) is 14.9. The summed E-state index contributed by atoms with van der Waals surface area (Å²) in [5.41, 5.74) is 1.83. The van der Waals surface area contributed by atoms with Gasteiger partial charge >= 0.3 is 5.97 Å². The van der Waals surface area contributed by atoms with Crippen molar-refractivity contribution in [2.45, 2.75) is 45.3 Å². The number of aryl methyl sites for hydroxylation is 2. The standard InChI is InChI=1S/C19H21NO3S/c1-3-13-11-16(24-12(13)2)19(22)23-17(14-7-5-4-6-8-14)18(21)20-15-9-10-15/h4-8,11,15,17H,3,9-10H2,1-2H3,(H,20,21)/t17-/m0/s1. The topological polar surface area (TPSA) is 55.4 Å². The Hall–Kier alpha value is -2.14. The van der Waals surface area contributed by atoms with E-state index >= 15 is 0 Å². The third kappa shape index (κ3) is 3.85. The van der Waals surface area contributed by atoms with Gasteiger partial charge in [-0.05, 0) is 37.8 Å². The summed E-state index contributed by atoms with van der Waals surface area (Å²) >= 11 is 1.42. The summed E-state index contributed by atoms with van der Waals surface area (Å²) in [5, 5.41) is 2.92. The number of amides is 1. The van der Waals surface area contributed by atoms with E-state index in [-0.39, 0.29) is 11.9 Å². The molecule has 0 bridgehead atoms. The fourth-order valence-corrected chi connectivity index (χ4v) is 3.54. The van der Waals surface area contributed by atoms with Crippen molar-refractivity contribution >= 4 is 23.2 Å². The predicted molar refractivity (Wildman–Crippen MR) is 94.2 cm³/mol. The number of thiophene rings is 1. The fraction of sp³-hybridized carbons (Fsp3) is 0.368. The first-order valence-electron chi connectivity index (χ1n) is 8.24. The van der Waals surface area contributed by atoms with Gasteiger partial charge in [0.2, 0.25) is 6.10 Å². The summed E-state index contributed by atoms with van der Waals surface area (Å²) in [5.74, 6) is -0.691. The Morgan fingerprint density at radius 1 is 1.29 bits per heavy atom. The zero-order chi connectivity index (χ0) is 17.1. The second-order valence-corrected chi connectivity index (χ2v) is 7.28. The van der Waals surface area contributed by atoms with E-state index in [2.05, 4.69) is 12.2 Å². The number of esters is 1. The van der Waals surface area contributed by atoms with Crippen LogP contribution in [0.3, 0.4) is 0 Å². The number of hydrogen-bond donors (Lipinski definition) is 1. The van der Waals surface area contributed by atoms with Gasteiger partial charge in [0, 0.05) is 16.5 Å². The Labute approximate surface area is 145 Å². The smallest absolute Gasteiger partial charge is 0.349 e. The van der Waals surface area contributed by atoms with E-state index in [1.54, 1.807) is 0 Å². The molecule has 1 fully saturated rings. The van der Waals surface area contributed by atoms with Gasteiger partial charge in [-0.3, -0.25) is 4.79 Å². The Kier molecular flexibility index (Phi) is 5.00. The van der Waals surface area contributed by atoms with Gasteiger partial charge in [-0.2, -0.15) is 0 Å². The van der Waals surface area contributed by atoms with E-state index in [4.69, 9.17) is 4.74 Å². The number of nitrogens with one attached hydrogen (secondary N) is 1. The van der Waals surface area contributed by atoms with Crippen molar-refractivity contribution < 1.29 is 14.3 Å². The molecule has 1 amide bonds. The molecule has 0 aliphatic heterocycles. The van der Waals surface area contributed by atoms with E-state index in [0.29, 0.717) is 10.4 Å². The molecule has 1 aliphatic carbocycles. The van der Waals surface area contributed by atoms with Crippen LogP contribution in [0.15, 0.2) is 36.4 Å². The summed E-state index contributed by atoms with van der Waals surface area (Å²) in [4.78, 5) is 26.7. The van der Waals surface area contributed by atoms with Crippen LogP contribution in [0.25, 0.3) is 0 Å². The van der Waals surface area contributed by atoms with Crippen LogP contribution in [-0.4, -0.2) is 17.9 Å². The summed E-state index contributed by atoms with van der Waals surface area (Å²) in [7, 11) is 0. The Morgan fingerprint density at radius 3 is 2.58 bits per heavy atom. The highest BCUT2D eigenvalue weighted by Gasteiger charge is 2.31. The van der Waals surface area contributed by atoms with Gasteiger partial charge in [-0.15, -0.1) is 11.3 Å². The molecule has 5 heteroatoms. The van der Waals surface area contributed by atoms with Crippen LogP contribution in [0.2, 0.25) is 0 Å². The average Bonchev–Trinajstić information content (AvgIpc) is 3.32. The molecular formula is C19H21NO3S. The molecule has 1 aliphatic rings. The van der Waals surface area contributed by atoms with Crippen molar-refractivity contribution in [3.05, 3.63) is 57.3 Å². The third-order valence-corrected chi connectivity index (χ3v) is 5.16. The summed E-state index contributed by atoms with van der Waals surface area (Å²) < 4.78 is 5.59. The fourth-order valence-electron chi connectivity index (χ4n) is 2.54. The van der Waals surface area contributed by atoms with Crippen LogP contribution < -0.4 is 5.32 Å². The first-order valence-corrected chi connectivity index (χ1v) is 9.05. The lowest BCUT2D eigenvalue weighted by molar-refractivity contribution is -0.130. The van der Waals surface area contributed by atoms with E-state index in [9.17, 15) is 9.59 Å². The van der Waals surface area contributed by atoms with E-state index in [1.165, 1.54) is 11.3 Å². The molecule has 126 valence electrons. The van der Waals surface area contributed by atoms with Crippen LogP contribution in [0, 0.1) is 6.92 Å². The van der Waals surface area contributed by atoms with Crippen LogP contribution in [0.1, 0.15) is 51.5 Å². The molecule has 0 saturated heterocycles. The van der Waals surface area contributed by atoms with Crippen LogP contribution in [-0.2, 0) is 16.0 Å². The van der Waals surface area contributed by atoms with Gasteiger partial charge in [0.25, 0.3) is 5.91 Å². The minimum absolute atomic E-state index is 0.220. The number of hydrogen-bond acceptors (Lipinski definition) is 4. The van der Waals surface area contributed by atoms with Crippen molar-refractivity contribution in [2.75, 3.05) is 0 Å². The molecule has 3 rings (SSSR count). The van der Waals surface area contributed by atoms with Crippen molar-refractivity contribution in [1.82, 2.24) is 5.32 Å². The Balaban J connectivity index is 1.79. The molecule has 0 unspecified atom stereocenters. The predicted octanol–water partition coefficient (Wildman–Crippen LogP) is 3.80. The van der Waals surface area contributed by atoms with Crippen LogP contribution in [0.4, 0.5) is 0 Å². The molecule has 2 aromatic rings. The van der Waals surface area contributed by atoms with Gasteiger partial charge in [-0.25, -0.2) is 4.79 Å². The zero-order valence-electron chi connectivity index (χ0n) is 13.9. The van der Waals surface area contributed by atoms with Gasteiger partial charge in [0.15, 0.2) is 0 Å². The third-order valence-electron chi connectivity index (χ3n) is 4.09. The number of carbonyl (C=O) groups excluding carboxylic acids is 2. The highest BCUT2D eigenvalue weighted by Crippen LogP contribution is 2.27. The molecule has 1 saturated carbocycles. The van der Waals surface area contributed by atoms with Crippen LogP contribution in [0.5, 0.6) is 0 Å². The van der Waals surface area contributed by atoms with Gasteiger partial charge in [-0.1, -0.05) is 37.3 Å². The molecule has 4 nitrogen and oxygen atoms in total. The summed E-state index contributed by atoms with van der Waals surface area (Å²) in [6.45, 7) is 4.05. The highest BCUT2D eigenvalue weighted by atomic mass is 32.1. The molecule has 1 aromatic carbocycles. The second-order valence-electron chi connectivity index (χ2n) is 6.02. The molecule has 1 atom stereocenters. The molecule has 24 heavy (non-hydrogen) atoms. The van der Waals surface area contributed by atoms with Crippen molar-refractivity contribution in [2.24, 2.45) is 0 Å². The van der Waals surface area contributed by atoms with Gasteiger partial charge in [0.1, 0.15) is 4.88 Å².